The van der Waals surface area contributed by atoms with Gasteiger partial charge in [-0.3, -0.25) is 4.79 Å². The van der Waals surface area contributed by atoms with Crippen LogP contribution in [0.5, 0.6) is 0 Å². The molecule has 0 aromatic heterocycles. The van der Waals surface area contributed by atoms with Crippen molar-refractivity contribution in [3.05, 3.63) is 11.6 Å². The zero-order valence-corrected chi connectivity index (χ0v) is 5.74. The Balaban J connectivity index is 3.10. The largest absolute Gasteiger partial charge is 0.369 e. The molecule has 0 saturated heterocycles. The molecule has 1 amide bonds. The summed E-state index contributed by atoms with van der Waals surface area (Å²) in [7, 11) is 0. The third-order valence-electron chi connectivity index (χ3n) is 0.616. The quantitative estimate of drug-likeness (QED) is 0.581. The second kappa shape index (κ2) is 4.35. The van der Waals surface area contributed by atoms with E-state index in [4.69, 9.17) is 17.3 Å². The molecule has 0 bridgehead atoms. The molecule has 0 heterocycles. The van der Waals surface area contributed by atoms with Gasteiger partial charge in [0.25, 0.3) is 0 Å². The van der Waals surface area contributed by atoms with Gasteiger partial charge in [-0.05, 0) is 0 Å². The molecule has 4 heteroatoms. The van der Waals surface area contributed by atoms with E-state index in [0.29, 0.717) is 11.6 Å². The van der Waals surface area contributed by atoms with Gasteiger partial charge < -0.3 is 11.1 Å². The summed E-state index contributed by atoms with van der Waals surface area (Å²) in [6.45, 7) is 3.97. The number of halogens is 1. The molecule has 0 aliphatic carbocycles. The van der Waals surface area contributed by atoms with Crippen molar-refractivity contribution in [1.29, 1.82) is 0 Å². The average Bonchev–Trinajstić information content (AvgIpc) is 1.63. The van der Waals surface area contributed by atoms with Crippen molar-refractivity contribution < 1.29 is 4.79 Å². The van der Waals surface area contributed by atoms with Crippen molar-refractivity contribution in [3.63, 3.8) is 0 Å². The molecule has 0 aliphatic rings. The molecule has 0 radical (unpaired) electrons. The molecule has 0 saturated carbocycles. The van der Waals surface area contributed by atoms with Crippen LogP contribution in [-0.4, -0.2) is 19.0 Å². The molecule has 0 aromatic rings. The molecule has 9 heavy (non-hydrogen) atoms. The summed E-state index contributed by atoms with van der Waals surface area (Å²) < 4.78 is 0. The predicted octanol–water partition coefficient (Wildman–Crippen LogP) is -0.186. The Morgan fingerprint density at radius 2 is 2.22 bits per heavy atom. The van der Waals surface area contributed by atoms with Crippen molar-refractivity contribution >= 4 is 17.5 Å². The van der Waals surface area contributed by atoms with Crippen LogP contribution in [0, 0.1) is 0 Å². The van der Waals surface area contributed by atoms with Gasteiger partial charge >= 0.3 is 0 Å². The summed E-state index contributed by atoms with van der Waals surface area (Å²) in [6.07, 6.45) is 0. The van der Waals surface area contributed by atoms with E-state index in [1.165, 1.54) is 0 Å². The molecule has 0 atom stereocenters. The number of hydrogen-bond donors (Lipinski definition) is 2. The van der Waals surface area contributed by atoms with Gasteiger partial charge in [-0.15, -0.1) is 0 Å². The van der Waals surface area contributed by atoms with Crippen LogP contribution in [0.1, 0.15) is 0 Å². The van der Waals surface area contributed by atoms with Crippen molar-refractivity contribution in [2.75, 3.05) is 13.1 Å². The van der Waals surface area contributed by atoms with E-state index in [0.717, 1.165) is 0 Å². The number of amides is 1. The molecule has 0 fully saturated rings. The summed E-state index contributed by atoms with van der Waals surface area (Å²) in [5, 5.41) is 3.15. The Hall–Kier alpha value is -0.540. The van der Waals surface area contributed by atoms with Gasteiger partial charge in [-0.2, -0.15) is 0 Å². The minimum absolute atomic E-state index is 0.145. The fourth-order valence-electron chi connectivity index (χ4n) is 0.321. The van der Waals surface area contributed by atoms with Crippen LogP contribution in [0.4, 0.5) is 0 Å². The van der Waals surface area contributed by atoms with E-state index < -0.39 is 5.91 Å². The topological polar surface area (TPSA) is 55.1 Å². The van der Waals surface area contributed by atoms with E-state index in [9.17, 15) is 4.79 Å². The van der Waals surface area contributed by atoms with E-state index >= 15 is 0 Å². The zero-order valence-electron chi connectivity index (χ0n) is 4.98. The first kappa shape index (κ1) is 8.46. The van der Waals surface area contributed by atoms with Crippen LogP contribution >= 0.6 is 11.6 Å². The SMILES string of the molecule is C=C(Cl)CNCC(N)=O. The average molecular weight is 149 g/mol. The lowest BCUT2D eigenvalue weighted by atomic mass is 10.5. The zero-order chi connectivity index (χ0) is 7.28. The molecule has 0 unspecified atom stereocenters. The minimum atomic E-state index is -0.395. The van der Waals surface area contributed by atoms with Gasteiger partial charge in [0.1, 0.15) is 0 Å². The van der Waals surface area contributed by atoms with Gasteiger partial charge in [0, 0.05) is 11.6 Å². The fourth-order valence-corrected chi connectivity index (χ4v) is 0.416. The number of nitrogens with two attached hydrogens (primary N) is 1. The van der Waals surface area contributed by atoms with Gasteiger partial charge in [0.05, 0.1) is 6.54 Å². The molecular formula is C5H9ClN2O. The molecule has 3 N–H and O–H groups in total. The molecular weight excluding hydrogens is 140 g/mol. The molecule has 3 nitrogen and oxygen atoms in total. The smallest absolute Gasteiger partial charge is 0.231 e. The van der Waals surface area contributed by atoms with E-state index in [2.05, 4.69) is 11.9 Å². The summed E-state index contributed by atoms with van der Waals surface area (Å²) in [4.78, 5) is 10.1. The first-order valence-corrected chi connectivity index (χ1v) is 2.83. The number of primary amides is 1. The Labute approximate surface area is 58.9 Å². The maximum Gasteiger partial charge on any atom is 0.231 e. The Bertz CT molecular complexity index is 110. The van der Waals surface area contributed by atoms with Crippen LogP contribution in [0.2, 0.25) is 0 Å². The highest BCUT2D eigenvalue weighted by Gasteiger charge is 1.91. The Morgan fingerprint density at radius 3 is 2.56 bits per heavy atom. The van der Waals surface area contributed by atoms with Gasteiger partial charge in [-0.25, -0.2) is 0 Å². The summed E-state index contributed by atoms with van der Waals surface area (Å²) in [6, 6.07) is 0. The van der Waals surface area contributed by atoms with E-state index in [1.54, 1.807) is 0 Å². The monoisotopic (exact) mass is 148 g/mol. The molecule has 0 rings (SSSR count). The molecule has 52 valence electrons. The summed E-state index contributed by atoms with van der Waals surface area (Å²) in [5.41, 5.74) is 4.80. The molecule has 0 aliphatic heterocycles. The first-order valence-electron chi connectivity index (χ1n) is 2.45. The number of nitrogens with one attached hydrogen (secondary N) is 1. The van der Waals surface area contributed by atoms with Gasteiger partial charge in [0.2, 0.25) is 5.91 Å². The van der Waals surface area contributed by atoms with Crippen LogP contribution in [-0.2, 0) is 4.79 Å². The standard InChI is InChI=1S/C5H9ClN2O/c1-4(6)2-8-3-5(7)9/h8H,1-3H2,(H2,7,9). The fraction of sp³-hybridized carbons (Fsp3) is 0.400. The van der Waals surface area contributed by atoms with Crippen LogP contribution in [0.15, 0.2) is 11.6 Å². The van der Waals surface area contributed by atoms with Crippen molar-refractivity contribution in [3.8, 4) is 0 Å². The predicted molar refractivity (Wildman–Crippen MR) is 37.1 cm³/mol. The van der Waals surface area contributed by atoms with Gasteiger partial charge in [-0.1, -0.05) is 18.2 Å². The van der Waals surface area contributed by atoms with E-state index in [1.807, 2.05) is 0 Å². The van der Waals surface area contributed by atoms with Gasteiger partial charge in [0.15, 0.2) is 0 Å². The second-order valence-corrected chi connectivity index (χ2v) is 2.12. The van der Waals surface area contributed by atoms with Crippen molar-refractivity contribution in [1.82, 2.24) is 5.32 Å². The highest BCUT2D eigenvalue weighted by atomic mass is 35.5. The molecule has 0 aromatic carbocycles. The van der Waals surface area contributed by atoms with Crippen molar-refractivity contribution in [2.45, 2.75) is 0 Å². The highest BCUT2D eigenvalue weighted by molar-refractivity contribution is 6.29. The second-order valence-electron chi connectivity index (χ2n) is 1.59. The maximum absolute atomic E-state index is 10.1. The van der Waals surface area contributed by atoms with Crippen molar-refractivity contribution in [2.24, 2.45) is 5.73 Å². The number of hydrogen-bond acceptors (Lipinski definition) is 2. The van der Waals surface area contributed by atoms with Crippen LogP contribution in [0.25, 0.3) is 0 Å². The summed E-state index contributed by atoms with van der Waals surface area (Å²) >= 11 is 5.35. The number of carbonyl (C=O) groups excluding carboxylic acids is 1. The number of rotatable bonds is 4. The Kier molecular flexibility index (Phi) is 4.09. The lowest BCUT2D eigenvalue weighted by molar-refractivity contribution is -0.117. The van der Waals surface area contributed by atoms with E-state index in [-0.39, 0.29) is 6.54 Å². The van der Waals surface area contributed by atoms with Crippen LogP contribution < -0.4 is 11.1 Å². The maximum atomic E-state index is 10.1. The highest BCUT2D eigenvalue weighted by Crippen LogP contribution is 1.90. The third-order valence-corrected chi connectivity index (χ3v) is 0.750. The van der Waals surface area contributed by atoms with Crippen LogP contribution in [0.3, 0.4) is 0 Å². The number of carbonyl (C=O) groups is 1. The lowest BCUT2D eigenvalue weighted by Gasteiger charge is -1.96. The minimum Gasteiger partial charge on any atom is -0.369 e. The Morgan fingerprint density at radius 1 is 1.67 bits per heavy atom. The lowest BCUT2D eigenvalue weighted by Crippen LogP contribution is -2.29. The molecule has 0 spiro atoms. The summed E-state index contributed by atoms with van der Waals surface area (Å²) in [5.74, 6) is -0.395. The third kappa shape index (κ3) is 7.46. The first-order chi connectivity index (χ1) is 4.13. The normalized spacial score (nSPS) is 9.00.